The molecule has 2 aliphatic heterocycles. The highest BCUT2D eigenvalue weighted by Crippen LogP contribution is 2.39. The van der Waals surface area contributed by atoms with Crippen LogP contribution in [-0.4, -0.2) is 59.8 Å². The van der Waals surface area contributed by atoms with E-state index in [2.05, 4.69) is 20.7 Å². The molecule has 0 radical (unpaired) electrons. The number of anilines is 1. The van der Waals surface area contributed by atoms with Crippen LogP contribution in [0.25, 0.3) is 0 Å². The van der Waals surface area contributed by atoms with Crippen molar-refractivity contribution in [1.29, 1.82) is 0 Å². The molecule has 1 aromatic heterocycles. The summed E-state index contributed by atoms with van der Waals surface area (Å²) in [5, 5.41) is 4.14. The number of hydrogen-bond donors (Lipinski definition) is 1. The van der Waals surface area contributed by atoms with Gasteiger partial charge in [-0.2, -0.15) is 5.10 Å². The maximum absolute atomic E-state index is 13.5. The summed E-state index contributed by atoms with van der Waals surface area (Å²) in [5.41, 5.74) is 0.458. The molecule has 1 aliphatic carbocycles. The monoisotopic (exact) mass is 456 g/mol. The topological polar surface area (TPSA) is 99.9 Å². The minimum Gasteiger partial charge on any atom is -0.295 e. The summed E-state index contributed by atoms with van der Waals surface area (Å²) in [5.74, 6) is 2.72. The summed E-state index contributed by atoms with van der Waals surface area (Å²) in [7, 11) is -2.23. The number of rotatable bonds is 6. The van der Waals surface area contributed by atoms with Crippen molar-refractivity contribution < 1.29 is 17.6 Å². The van der Waals surface area contributed by atoms with Gasteiger partial charge in [-0.05, 0) is 31.0 Å². The van der Waals surface area contributed by atoms with Crippen molar-refractivity contribution in [2.75, 3.05) is 18.1 Å². The van der Waals surface area contributed by atoms with E-state index in [0.717, 1.165) is 5.56 Å². The number of benzene rings is 1. The Hall–Kier alpha value is -3.23. The lowest BCUT2D eigenvalue weighted by Crippen LogP contribution is -2.52. The minimum atomic E-state index is -4.00. The molecule has 1 N–H and O–H groups in total. The van der Waals surface area contributed by atoms with Crippen LogP contribution in [0.15, 0.2) is 40.5 Å². The molecular weight excluding hydrogens is 435 g/mol. The number of fused-ring (bicyclic) bond motifs is 3. The molecule has 11 heteroatoms. The molecule has 1 aromatic carbocycles. The molecule has 3 aliphatic rings. The number of aryl methyl sites for hydroxylation is 1. The SMILES string of the molecule is C#C[C@@H]1CN=C2N(Cc3cnn(C)c3)C(=O)c3cc(S(=O)(=O)NC4(CF)CC4)ccc3N21. The molecule has 1 fully saturated rings. The third-order valence-electron chi connectivity index (χ3n) is 5.94. The number of aliphatic imine (C=N–C) groups is 1. The molecule has 0 saturated heterocycles. The first-order chi connectivity index (χ1) is 15.3. The van der Waals surface area contributed by atoms with Gasteiger partial charge < -0.3 is 0 Å². The number of hydrogen-bond acceptors (Lipinski definition) is 6. The molecule has 0 spiro atoms. The van der Waals surface area contributed by atoms with Crippen LogP contribution in [0, 0.1) is 12.3 Å². The number of aromatic nitrogens is 2. The quantitative estimate of drug-likeness (QED) is 0.655. The lowest BCUT2D eigenvalue weighted by atomic mass is 10.1. The Morgan fingerprint density at radius 1 is 1.38 bits per heavy atom. The predicted octanol–water partition coefficient (Wildman–Crippen LogP) is 1.03. The normalized spacial score (nSPS) is 21.1. The third kappa shape index (κ3) is 3.27. The lowest BCUT2D eigenvalue weighted by Gasteiger charge is -2.37. The van der Waals surface area contributed by atoms with E-state index in [-0.39, 0.29) is 22.9 Å². The fourth-order valence-corrected chi connectivity index (χ4v) is 5.49. The van der Waals surface area contributed by atoms with Gasteiger partial charge in [0, 0.05) is 18.8 Å². The second-order valence-electron chi connectivity index (χ2n) is 8.31. The number of guanidine groups is 1. The van der Waals surface area contributed by atoms with Crippen LogP contribution in [0.2, 0.25) is 0 Å². The Morgan fingerprint density at radius 3 is 2.78 bits per heavy atom. The third-order valence-corrected chi connectivity index (χ3v) is 7.52. The Bertz CT molecular complexity index is 1290. The number of terminal acetylenes is 1. The zero-order chi connectivity index (χ0) is 22.7. The average Bonchev–Trinajstić information content (AvgIpc) is 3.20. The maximum Gasteiger partial charge on any atom is 0.263 e. The van der Waals surface area contributed by atoms with E-state index in [4.69, 9.17) is 6.42 Å². The predicted molar refractivity (Wildman–Crippen MR) is 115 cm³/mol. The first kappa shape index (κ1) is 20.7. The largest absolute Gasteiger partial charge is 0.295 e. The van der Waals surface area contributed by atoms with Crippen molar-refractivity contribution in [2.45, 2.75) is 35.9 Å². The number of carbonyl (C=O) groups is 1. The lowest BCUT2D eigenvalue weighted by molar-refractivity contribution is 0.0833. The van der Waals surface area contributed by atoms with Gasteiger partial charge >= 0.3 is 0 Å². The van der Waals surface area contributed by atoms with Gasteiger partial charge in [0.05, 0.1) is 41.0 Å². The van der Waals surface area contributed by atoms with E-state index in [0.29, 0.717) is 31.0 Å². The van der Waals surface area contributed by atoms with E-state index < -0.39 is 28.3 Å². The molecule has 3 heterocycles. The highest BCUT2D eigenvalue weighted by Gasteiger charge is 2.47. The number of alkyl halides is 1. The van der Waals surface area contributed by atoms with Crippen molar-refractivity contribution in [3.8, 4) is 12.3 Å². The van der Waals surface area contributed by atoms with Gasteiger partial charge in [0.25, 0.3) is 5.91 Å². The summed E-state index contributed by atoms with van der Waals surface area (Å²) in [6, 6.07) is 3.90. The average molecular weight is 457 g/mol. The smallest absolute Gasteiger partial charge is 0.263 e. The molecule has 32 heavy (non-hydrogen) atoms. The summed E-state index contributed by atoms with van der Waals surface area (Å²) in [6.07, 6.45) is 10.0. The van der Waals surface area contributed by atoms with Gasteiger partial charge in [-0.3, -0.25) is 19.3 Å². The van der Waals surface area contributed by atoms with E-state index in [1.807, 2.05) is 0 Å². The first-order valence-electron chi connectivity index (χ1n) is 10.1. The Kier molecular flexibility index (Phi) is 4.61. The molecule has 0 bridgehead atoms. The molecule has 1 saturated carbocycles. The van der Waals surface area contributed by atoms with Gasteiger partial charge in [0.2, 0.25) is 16.0 Å². The molecule has 166 valence electrons. The number of halogens is 1. The van der Waals surface area contributed by atoms with Crippen molar-refractivity contribution in [3.05, 3.63) is 41.7 Å². The number of sulfonamides is 1. The van der Waals surface area contributed by atoms with Gasteiger partial charge in [0.15, 0.2) is 0 Å². The van der Waals surface area contributed by atoms with Crippen molar-refractivity contribution in [1.82, 2.24) is 19.4 Å². The number of nitrogens with zero attached hydrogens (tertiary/aromatic N) is 5. The second-order valence-corrected chi connectivity index (χ2v) is 9.99. The summed E-state index contributed by atoms with van der Waals surface area (Å²) in [6.45, 7) is -0.242. The fraction of sp³-hybridized carbons (Fsp3) is 0.381. The molecule has 5 rings (SSSR count). The highest BCUT2D eigenvalue weighted by atomic mass is 32.2. The zero-order valence-electron chi connectivity index (χ0n) is 17.3. The molecule has 2 aromatic rings. The number of amides is 1. The number of nitrogens with one attached hydrogen (secondary N) is 1. The summed E-state index contributed by atoms with van der Waals surface area (Å²) >= 11 is 0. The maximum atomic E-state index is 13.5. The van der Waals surface area contributed by atoms with Crippen molar-refractivity contribution in [2.24, 2.45) is 12.0 Å². The second kappa shape index (κ2) is 7.15. The van der Waals surface area contributed by atoms with Crippen LogP contribution in [0.1, 0.15) is 28.8 Å². The van der Waals surface area contributed by atoms with Crippen LogP contribution in [0.3, 0.4) is 0 Å². The molecule has 9 nitrogen and oxygen atoms in total. The van der Waals surface area contributed by atoms with Gasteiger partial charge in [-0.25, -0.2) is 22.5 Å². The highest BCUT2D eigenvalue weighted by molar-refractivity contribution is 7.89. The minimum absolute atomic E-state index is 0.0949. The Labute approximate surface area is 185 Å². The Balaban J connectivity index is 1.56. The van der Waals surface area contributed by atoms with E-state index in [1.165, 1.54) is 17.0 Å². The van der Waals surface area contributed by atoms with Crippen LogP contribution in [0.4, 0.5) is 10.1 Å². The van der Waals surface area contributed by atoms with Crippen LogP contribution >= 0.6 is 0 Å². The first-order valence-corrected chi connectivity index (χ1v) is 11.6. The van der Waals surface area contributed by atoms with Crippen LogP contribution in [0.5, 0.6) is 0 Å². The summed E-state index contributed by atoms with van der Waals surface area (Å²) in [4.78, 5) is 21.1. The number of carbonyl (C=O) groups excluding carboxylic acids is 1. The molecule has 1 atom stereocenters. The summed E-state index contributed by atoms with van der Waals surface area (Å²) < 4.78 is 43.1. The van der Waals surface area contributed by atoms with Crippen molar-refractivity contribution in [3.63, 3.8) is 0 Å². The van der Waals surface area contributed by atoms with Gasteiger partial charge in [-0.15, -0.1) is 6.42 Å². The van der Waals surface area contributed by atoms with E-state index in [1.54, 1.807) is 35.1 Å². The van der Waals surface area contributed by atoms with Crippen LogP contribution < -0.4 is 9.62 Å². The van der Waals surface area contributed by atoms with Crippen LogP contribution in [-0.2, 0) is 23.6 Å². The standard InChI is InChI=1S/C21H21FN6O3S/c1-3-15-10-23-20-27(12-14-9-24-26(2)11-14)19(29)17-8-16(4-5-18(17)28(15)20)32(30,31)25-21(13-22)6-7-21/h1,4-5,8-9,11,15,25H,6-7,10,12-13H2,2H3/t15-/m1/s1. The van der Waals surface area contributed by atoms with Gasteiger partial charge in [0.1, 0.15) is 12.7 Å². The molecule has 0 unspecified atom stereocenters. The van der Waals surface area contributed by atoms with Gasteiger partial charge in [-0.1, -0.05) is 5.92 Å². The van der Waals surface area contributed by atoms with E-state index in [9.17, 15) is 17.6 Å². The molecular formula is C21H21FN6O3S. The Morgan fingerprint density at radius 2 is 2.16 bits per heavy atom. The van der Waals surface area contributed by atoms with Crippen molar-refractivity contribution >= 4 is 27.6 Å². The fourth-order valence-electron chi connectivity index (χ4n) is 4.02. The zero-order valence-corrected chi connectivity index (χ0v) is 18.1. The van der Waals surface area contributed by atoms with E-state index >= 15 is 0 Å². The molecule has 1 amide bonds.